The van der Waals surface area contributed by atoms with Crippen LogP contribution >= 0.6 is 0 Å². The topological polar surface area (TPSA) is 15.3 Å². The first kappa shape index (κ1) is 14.8. The van der Waals surface area contributed by atoms with E-state index in [9.17, 15) is 8.78 Å². The minimum Gasteiger partial charge on any atom is -0.364 e. The molecular formula is C17H24F2N2. The average Bonchev–Trinajstić information content (AvgIpc) is 3.24. The van der Waals surface area contributed by atoms with E-state index in [1.54, 1.807) is 0 Å². The van der Waals surface area contributed by atoms with Crippen molar-refractivity contribution in [2.24, 2.45) is 5.92 Å². The van der Waals surface area contributed by atoms with Crippen LogP contribution in [-0.2, 0) is 6.54 Å². The molecule has 1 aliphatic heterocycles. The largest absolute Gasteiger partial charge is 0.364 e. The van der Waals surface area contributed by atoms with Crippen LogP contribution in [0, 0.1) is 17.6 Å². The van der Waals surface area contributed by atoms with Crippen molar-refractivity contribution in [1.82, 2.24) is 5.32 Å². The van der Waals surface area contributed by atoms with Gasteiger partial charge >= 0.3 is 0 Å². The molecular weight excluding hydrogens is 270 g/mol. The molecule has 2 nitrogen and oxygen atoms in total. The van der Waals surface area contributed by atoms with Gasteiger partial charge in [0.15, 0.2) is 0 Å². The van der Waals surface area contributed by atoms with Crippen molar-refractivity contribution in [2.45, 2.75) is 58.2 Å². The van der Waals surface area contributed by atoms with E-state index in [1.165, 1.54) is 25.0 Å². The van der Waals surface area contributed by atoms with Gasteiger partial charge in [0.1, 0.15) is 17.3 Å². The summed E-state index contributed by atoms with van der Waals surface area (Å²) in [7, 11) is 0. The number of hydrogen-bond donors (Lipinski definition) is 1. The van der Waals surface area contributed by atoms with Crippen molar-refractivity contribution >= 4 is 5.69 Å². The molecule has 1 aromatic carbocycles. The number of anilines is 1. The summed E-state index contributed by atoms with van der Waals surface area (Å²) >= 11 is 0. The van der Waals surface area contributed by atoms with Gasteiger partial charge in [-0.25, -0.2) is 8.78 Å². The van der Waals surface area contributed by atoms with Gasteiger partial charge in [-0.15, -0.1) is 0 Å². The van der Waals surface area contributed by atoms with Crippen molar-refractivity contribution < 1.29 is 8.78 Å². The summed E-state index contributed by atoms with van der Waals surface area (Å²) in [5.74, 6) is -0.388. The Balaban J connectivity index is 1.80. The summed E-state index contributed by atoms with van der Waals surface area (Å²) in [6.07, 6.45) is 4.47. The second-order valence-electron chi connectivity index (χ2n) is 6.62. The number of piperidine rings is 1. The SMILES string of the molecule is CC1CCCN(c2c(F)cc(CNC3CC3)cc2F)C1C. The van der Waals surface area contributed by atoms with Crippen LogP contribution in [0.1, 0.15) is 45.1 Å². The van der Waals surface area contributed by atoms with Crippen LogP contribution in [-0.4, -0.2) is 18.6 Å². The van der Waals surface area contributed by atoms with Gasteiger partial charge in [-0.2, -0.15) is 0 Å². The number of hydrogen-bond acceptors (Lipinski definition) is 2. The van der Waals surface area contributed by atoms with Crippen LogP contribution < -0.4 is 10.2 Å². The summed E-state index contributed by atoms with van der Waals surface area (Å²) in [5.41, 5.74) is 0.850. The molecule has 1 N–H and O–H groups in total. The highest BCUT2D eigenvalue weighted by Crippen LogP contribution is 2.33. The molecule has 0 amide bonds. The Labute approximate surface area is 125 Å². The van der Waals surface area contributed by atoms with Gasteiger partial charge in [0, 0.05) is 25.2 Å². The summed E-state index contributed by atoms with van der Waals surface area (Å²) in [4.78, 5) is 1.90. The number of nitrogens with zero attached hydrogens (tertiary/aromatic N) is 1. The van der Waals surface area contributed by atoms with Gasteiger partial charge in [-0.3, -0.25) is 0 Å². The zero-order valence-corrected chi connectivity index (χ0v) is 12.8. The average molecular weight is 294 g/mol. The second-order valence-corrected chi connectivity index (χ2v) is 6.62. The lowest BCUT2D eigenvalue weighted by Crippen LogP contribution is -2.43. The lowest BCUT2D eigenvalue weighted by atomic mass is 9.91. The molecule has 4 heteroatoms. The summed E-state index contributed by atoms with van der Waals surface area (Å²) in [5, 5.41) is 3.30. The van der Waals surface area contributed by atoms with Crippen molar-refractivity contribution in [3.63, 3.8) is 0 Å². The predicted molar refractivity (Wildman–Crippen MR) is 81.4 cm³/mol. The zero-order chi connectivity index (χ0) is 15.0. The minimum atomic E-state index is -0.427. The van der Waals surface area contributed by atoms with E-state index in [0.717, 1.165) is 19.4 Å². The Morgan fingerprint density at radius 1 is 1.14 bits per heavy atom. The van der Waals surface area contributed by atoms with Gasteiger partial charge in [0.25, 0.3) is 0 Å². The summed E-state index contributed by atoms with van der Waals surface area (Å²) in [6.45, 7) is 5.50. The van der Waals surface area contributed by atoms with Crippen LogP contribution in [0.15, 0.2) is 12.1 Å². The monoisotopic (exact) mass is 294 g/mol. The van der Waals surface area contributed by atoms with Gasteiger partial charge in [0.05, 0.1) is 0 Å². The highest BCUT2D eigenvalue weighted by molar-refractivity contribution is 5.52. The number of nitrogens with one attached hydrogen (secondary N) is 1. The molecule has 2 fully saturated rings. The molecule has 2 unspecified atom stereocenters. The van der Waals surface area contributed by atoms with Crippen molar-refractivity contribution in [3.05, 3.63) is 29.3 Å². The Bertz CT molecular complexity index is 491. The molecule has 1 aromatic rings. The minimum absolute atomic E-state index is 0.157. The smallest absolute Gasteiger partial charge is 0.149 e. The van der Waals surface area contributed by atoms with Crippen molar-refractivity contribution in [1.29, 1.82) is 0 Å². The maximum absolute atomic E-state index is 14.4. The fourth-order valence-electron chi connectivity index (χ4n) is 3.20. The van der Waals surface area contributed by atoms with Gasteiger partial charge in [-0.05, 0) is 56.2 Å². The fraction of sp³-hybridized carbons (Fsp3) is 0.647. The highest BCUT2D eigenvalue weighted by Gasteiger charge is 2.29. The molecule has 1 heterocycles. The van der Waals surface area contributed by atoms with E-state index >= 15 is 0 Å². The van der Waals surface area contributed by atoms with E-state index in [-0.39, 0.29) is 11.7 Å². The van der Waals surface area contributed by atoms with E-state index in [4.69, 9.17) is 0 Å². The number of benzene rings is 1. The van der Waals surface area contributed by atoms with Gasteiger partial charge in [0.2, 0.25) is 0 Å². The molecule has 3 rings (SSSR count). The third-order valence-corrected chi connectivity index (χ3v) is 4.91. The summed E-state index contributed by atoms with van der Waals surface area (Å²) in [6, 6.07) is 3.69. The Morgan fingerprint density at radius 3 is 2.43 bits per heavy atom. The molecule has 1 saturated heterocycles. The molecule has 21 heavy (non-hydrogen) atoms. The fourth-order valence-corrected chi connectivity index (χ4v) is 3.20. The van der Waals surface area contributed by atoms with E-state index in [0.29, 0.717) is 24.1 Å². The van der Waals surface area contributed by atoms with Gasteiger partial charge < -0.3 is 10.2 Å². The first-order chi connectivity index (χ1) is 10.1. The van der Waals surface area contributed by atoms with E-state index in [2.05, 4.69) is 19.2 Å². The number of halogens is 2. The molecule has 116 valence electrons. The Kier molecular flexibility index (Phi) is 4.16. The Hall–Kier alpha value is -1.16. The molecule has 1 saturated carbocycles. The first-order valence-electron chi connectivity index (χ1n) is 8.04. The molecule has 0 spiro atoms. The van der Waals surface area contributed by atoms with Crippen LogP contribution in [0.3, 0.4) is 0 Å². The maximum atomic E-state index is 14.4. The normalized spacial score (nSPS) is 26.2. The molecule has 0 aromatic heterocycles. The van der Waals surface area contributed by atoms with E-state index in [1.807, 2.05) is 4.90 Å². The molecule has 0 radical (unpaired) electrons. The summed E-state index contributed by atoms with van der Waals surface area (Å²) < 4.78 is 28.9. The van der Waals surface area contributed by atoms with Gasteiger partial charge in [-0.1, -0.05) is 6.92 Å². The second kappa shape index (κ2) is 5.91. The van der Waals surface area contributed by atoms with Crippen LogP contribution in [0.2, 0.25) is 0 Å². The quantitative estimate of drug-likeness (QED) is 0.907. The first-order valence-corrected chi connectivity index (χ1v) is 8.04. The molecule has 1 aliphatic carbocycles. The van der Waals surface area contributed by atoms with Crippen LogP contribution in [0.5, 0.6) is 0 Å². The van der Waals surface area contributed by atoms with Crippen LogP contribution in [0.25, 0.3) is 0 Å². The predicted octanol–water partition coefficient (Wildman–Crippen LogP) is 3.84. The third-order valence-electron chi connectivity index (χ3n) is 4.91. The van der Waals surface area contributed by atoms with E-state index < -0.39 is 11.6 Å². The van der Waals surface area contributed by atoms with Crippen molar-refractivity contribution in [3.8, 4) is 0 Å². The standard InChI is InChI=1S/C17H24F2N2/c1-11-4-3-7-21(12(11)2)17-15(18)8-13(9-16(17)19)10-20-14-5-6-14/h8-9,11-12,14,20H,3-7,10H2,1-2H3. The molecule has 2 atom stereocenters. The zero-order valence-electron chi connectivity index (χ0n) is 12.8. The van der Waals surface area contributed by atoms with Crippen molar-refractivity contribution in [2.75, 3.05) is 11.4 Å². The van der Waals surface area contributed by atoms with Crippen LogP contribution in [0.4, 0.5) is 14.5 Å². The maximum Gasteiger partial charge on any atom is 0.149 e. The molecule has 0 bridgehead atoms. The third kappa shape index (κ3) is 3.20. The Morgan fingerprint density at radius 2 is 1.81 bits per heavy atom. The lowest BCUT2D eigenvalue weighted by molar-refractivity contribution is 0.356. The molecule has 2 aliphatic rings. The lowest BCUT2D eigenvalue weighted by Gasteiger charge is -2.39. The highest BCUT2D eigenvalue weighted by atomic mass is 19.1. The number of rotatable bonds is 4.